The van der Waals surface area contributed by atoms with Crippen molar-refractivity contribution in [3.63, 3.8) is 0 Å². The summed E-state index contributed by atoms with van der Waals surface area (Å²) in [5.41, 5.74) is 6.75. The summed E-state index contributed by atoms with van der Waals surface area (Å²) in [5, 5.41) is 106. The van der Waals surface area contributed by atoms with E-state index in [0.717, 1.165) is 70.9 Å². The molecule has 36 heteroatoms. The second kappa shape index (κ2) is 38.6. The van der Waals surface area contributed by atoms with Crippen LogP contribution in [0.4, 0.5) is 0 Å². The lowest BCUT2D eigenvalue weighted by Gasteiger charge is -2.51. The first kappa shape index (κ1) is 86.4. The third kappa shape index (κ3) is 24.9. The molecule has 0 spiro atoms. The monoisotopic (exact) mass is 1480 g/mol. The van der Waals surface area contributed by atoms with Crippen LogP contribution >= 0.6 is 7.82 Å². The minimum Gasteiger partial charge on any atom is -0.510 e. The number of nitrogens with two attached hydrogens (primary N) is 1. The third-order valence-electron chi connectivity index (χ3n) is 17.2. The number of esters is 2. The molecule has 0 aromatic rings. The van der Waals surface area contributed by atoms with E-state index in [0.29, 0.717) is 12.8 Å². The summed E-state index contributed by atoms with van der Waals surface area (Å²) in [7, 11) is -5.76. The van der Waals surface area contributed by atoms with Gasteiger partial charge in [-0.25, -0.2) is 14.2 Å². The predicted octanol–water partition coefficient (Wildman–Crippen LogP) is 0.159. The van der Waals surface area contributed by atoms with E-state index in [1.165, 1.54) is 18.1 Å². The molecule has 4 amide bonds. The number of aliphatic carboxylic acids is 1. The Morgan fingerprint density at radius 1 is 0.775 bits per heavy atom. The molecule has 4 fully saturated rings. The largest absolute Gasteiger partial charge is 0.510 e. The first-order valence-corrected chi connectivity index (χ1v) is 34.6. The first-order valence-electron chi connectivity index (χ1n) is 33.1. The maximum absolute atomic E-state index is 14.0. The van der Waals surface area contributed by atoms with Crippen molar-refractivity contribution in [3.8, 4) is 0 Å². The van der Waals surface area contributed by atoms with E-state index in [9.17, 15) is 93.8 Å². The Morgan fingerprint density at radius 3 is 1.95 bits per heavy atom. The molecule has 5 rings (SSSR count). The molecular formula is C66H101N4O31P. The van der Waals surface area contributed by atoms with E-state index in [1.807, 2.05) is 0 Å². The maximum atomic E-state index is 14.0. The maximum Gasteiger partial charge on any atom is 0.474 e. The van der Waals surface area contributed by atoms with Crippen LogP contribution in [-0.2, 0) is 99.3 Å². The van der Waals surface area contributed by atoms with E-state index in [1.54, 1.807) is 13.0 Å². The van der Waals surface area contributed by atoms with Crippen LogP contribution in [0.25, 0.3) is 0 Å². The number of ketones is 1. The number of hydrogen-bond donors (Lipinski definition) is 14. The Bertz CT molecular complexity index is 3170. The van der Waals surface area contributed by atoms with Crippen LogP contribution in [0.1, 0.15) is 134 Å². The number of phosphoric ester groups is 1. The molecule has 4 heterocycles. The minimum absolute atomic E-state index is 0.109. The van der Waals surface area contributed by atoms with Gasteiger partial charge in [-0.2, -0.15) is 0 Å². The number of amides is 4. The van der Waals surface area contributed by atoms with E-state index in [4.69, 9.17) is 62.1 Å². The number of aliphatic hydroxyl groups excluding tert-OH is 7. The number of carboxylic acids is 1. The van der Waals surface area contributed by atoms with E-state index < -0.39 is 215 Å². The molecule has 1 unspecified atom stereocenters. The Labute approximate surface area is 589 Å². The molecule has 22 atom stereocenters. The molecule has 102 heavy (non-hydrogen) atoms. The second-order valence-electron chi connectivity index (χ2n) is 26.8. The average Bonchev–Trinajstić information content (AvgIpc) is 0.813. The molecular weight excluding hydrogens is 1380 g/mol. The fourth-order valence-corrected chi connectivity index (χ4v) is 12.3. The highest BCUT2D eigenvalue weighted by Crippen LogP contribution is 2.49. The second-order valence-corrected chi connectivity index (χ2v) is 28.2. The summed E-state index contributed by atoms with van der Waals surface area (Å²) in [6.45, 7) is 17.7. The number of carboxylic acid groups (broad SMARTS) is 1. The predicted molar refractivity (Wildman–Crippen MR) is 351 cm³/mol. The minimum atomic E-state index is -5.76. The van der Waals surface area contributed by atoms with Crippen LogP contribution in [0.15, 0.2) is 70.7 Å². The van der Waals surface area contributed by atoms with Gasteiger partial charge in [-0.1, -0.05) is 73.1 Å². The van der Waals surface area contributed by atoms with Crippen LogP contribution in [0.2, 0.25) is 0 Å². The molecule has 0 saturated carbocycles. The summed E-state index contributed by atoms with van der Waals surface area (Å²) in [5.74, 6) is -9.96. The standard InChI is InChI=1S/C66H101N4O31P/c1-31(2)16-15-18-32(3)19-20-34(5)23-26-65(10,11)25-14-13-17-33(4)24-27-90-42(60(85)86)30-92-102(88,89)101-64-55(56(94-38(9)74)66(12,87)57(100-64)58(67)83)99-62-46(69-37(8)73)48(79)53(41(95-62)29-91-43(77)28-71)97-61-45(68-36(7)72)47(78)52(35(6)93-61)96-63-51(82)49(80)50(81)54(98-63)59(84)70-44-39(75)21-22-40(44)76/h14,16,19,24-25,35,41-42,45-57,61-64,71,75,78-82,87H,5,13,15,17-18,20-23,26-30H2,1-4,6-12H3,(H2,67,83)(H,68,72)(H,69,73)(H,70,84)(H,85,86)(H,88,89)/b25-14-,32-19+,33-24-/t35-,41-,42-,45-,46-,47-,48-,49+,50-,51-,52-,53-,54+,55-,56-,57-,61+,62+,63-,64-,66+/m0/s1. The highest BCUT2D eigenvalue weighted by atomic mass is 31.2. The Kier molecular flexibility index (Phi) is 32.7. The van der Waals surface area contributed by atoms with Gasteiger partial charge in [0.15, 0.2) is 61.5 Å². The molecule has 0 aromatic carbocycles. The van der Waals surface area contributed by atoms with Crippen LogP contribution in [-0.4, -0.2) is 253 Å². The highest BCUT2D eigenvalue weighted by Gasteiger charge is 2.62. The zero-order chi connectivity index (χ0) is 76.5. The van der Waals surface area contributed by atoms with Crippen molar-refractivity contribution in [2.75, 3.05) is 26.4 Å². The van der Waals surface area contributed by atoms with Crippen LogP contribution in [0, 0.1) is 5.41 Å². The SMILES string of the molecule is C=C(C/C=C(\C)CCC=C(C)C)CCC(C)(C)/C=C\CC/C(C)=C\CO[C@@H](COP(=O)(O)O[C@@H]1O[C@@H](C(N)=O)[C@](C)(O)[C@@H](OC(C)=O)[C@@H]1O[C@H]1O[C@@H](COC(=O)CO)[C@H](O[C@H]2O[C@@H](C)[C@H](O[C@H]3O[C@@H](C(=O)NC4=C(O)CCC4=O)[C@@H](O)[C@@H](O)[C@@H]3O)[C@@H](O)[C@@H]2NC(C)=O)[C@@H](O)[C@@H]1NC(C)=O)C(=O)O. The van der Waals surface area contributed by atoms with E-state index in [-0.39, 0.29) is 24.9 Å². The number of phosphoric acid groups is 1. The van der Waals surface area contributed by atoms with Crippen molar-refractivity contribution in [2.45, 2.75) is 262 Å². The van der Waals surface area contributed by atoms with Gasteiger partial charge in [0.25, 0.3) is 5.91 Å². The van der Waals surface area contributed by atoms with Gasteiger partial charge in [-0.05, 0) is 91.9 Å². The van der Waals surface area contributed by atoms with Gasteiger partial charge in [0.1, 0.15) is 91.2 Å². The zero-order valence-electron chi connectivity index (χ0n) is 58.9. The van der Waals surface area contributed by atoms with Gasteiger partial charge in [-0.15, -0.1) is 0 Å². The third-order valence-corrected chi connectivity index (χ3v) is 18.2. The zero-order valence-corrected chi connectivity index (χ0v) is 59.8. The molecule has 35 nitrogen and oxygen atoms in total. The van der Waals surface area contributed by atoms with Crippen LogP contribution in [0.3, 0.4) is 0 Å². The summed E-state index contributed by atoms with van der Waals surface area (Å²) >= 11 is 0. The number of Topliss-reactive ketones (excluding diaryl/α,β-unsaturated/α-hetero) is 1. The number of rotatable bonds is 36. The fourth-order valence-electron chi connectivity index (χ4n) is 11.5. The molecule has 4 aliphatic heterocycles. The Balaban J connectivity index is 1.35. The number of carbonyl (C=O) groups excluding carboxylic acids is 7. The number of aliphatic hydroxyl groups is 8. The average molecular weight is 1480 g/mol. The number of allylic oxidation sites excluding steroid dienone is 10. The first-order chi connectivity index (χ1) is 47.6. The molecule has 0 radical (unpaired) electrons. The number of ether oxygens (including phenoxy) is 10. The normalized spacial score (nSPS) is 32.6. The molecule has 4 saturated heterocycles. The Hall–Kier alpha value is -6.29. The highest BCUT2D eigenvalue weighted by molar-refractivity contribution is 7.47. The van der Waals surface area contributed by atoms with Crippen molar-refractivity contribution in [3.05, 3.63) is 70.7 Å². The fraction of sp³-hybridized carbons (Fsp3) is 0.697. The van der Waals surface area contributed by atoms with Crippen molar-refractivity contribution >= 4 is 55.1 Å². The number of carbonyl (C=O) groups is 8. The summed E-state index contributed by atoms with van der Waals surface area (Å²) in [4.78, 5) is 114. The van der Waals surface area contributed by atoms with E-state index >= 15 is 0 Å². The Morgan fingerprint density at radius 2 is 1.37 bits per heavy atom. The van der Waals surface area contributed by atoms with Gasteiger partial charge in [0.2, 0.25) is 17.7 Å². The van der Waals surface area contributed by atoms with Crippen molar-refractivity contribution < 1.29 is 150 Å². The summed E-state index contributed by atoms with van der Waals surface area (Å²) in [6.07, 6.45) is -22.3. The molecule has 15 N–H and O–H groups in total. The topological polar surface area (TPSA) is 529 Å². The molecule has 576 valence electrons. The van der Waals surface area contributed by atoms with Crippen molar-refractivity contribution in [1.29, 1.82) is 0 Å². The summed E-state index contributed by atoms with van der Waals surface area (Å²) in [6, 6.07) is -3.84. The smallest absolute Gasteiger partial charge is 0.474 e. The molecule has 1 aliphatic carbocycles. The van der Waals surface area contributed by atoms with Gasteiger partial charge in [-0.3, -0.25) is 37.8 Å². The summed E-state index contributed by atoms with van der Waals surface area (Å²) < 4.78 is 82.3. The van der Waals surface area contributed by atoms with Gasteiger partial charge >= 0.3 is 25.7 Å². The number of primary amides is 1. The lowest BCUT2D eigenvalue weighted by Crippen LogP contribution is -2.72. The lowest BCUT2D eigenvalue weighted by molar-refractivity contribution is -0.371. The molecule has 5 aliphatic rings. The quantitative estimate of drug-likeness (QED) is 0.0226. The van der Waals surface area contributed by atoms with Crippen molar-refractivity contribution in [2.24, 2.45) is 11.1 Å². The van der Waals surface area contributed by atoms with E-state index in [2.05, 4.69) is 81.5 Å². The number of hydrogen-bond acceptors (Lipinski definition) is 29. The number of nitrogens with one attached hydrogen (secondary N) is 3. The van der Waals surface area contributed by atoms with Crippen LogP contribution in [0.5, 0.6) is 0 Å². The van der Waals surface area contributed by atoms with Gasteiger partial charge in [0, 0.05) is 33.6 Å². The van der Waals surface area contributed by atoms with Crippen molar-refractivity contribution in [1.82, 2.24) is 16.0 Å². The van der Waals surface area contributed by atoms with Gasteiger partial charge in [0.05, 0.1) is 19.3 Å². The lowest BCUT2D eigenvalue weighted by atomic mass is 9.85. The molecule has 0 aromatic heterocycles. The van der Waals surface area contributed by atoms with Crippen LogP contribution < -0.4 is 21.7 Å². The molecule has 0 bridgehead atoms. The van der Waals surface area contributed by atoms with Gasteiger partial charge < -0.3 is 120 Å².